The van der Waals surface area contributed by atoms with Crippen LogP contribution in [0.2, 0.25) is 0 Å². The fraction of sp³-hybridized carbons (Fsp3) is 0.923. The summed E-state index contributed by atoms with van der Waals surface area (Å²) in [7, 11) is 2.03. The molecule has 0 amide bonds. The quantitative estimate of drug-likeness (QED) is 0.795. The van der Waals surface area contributed by atoms with Crippen molar-refractivity contribution >= 4 is 0 Å². The zero-order valence-corrected chi connectivity index (χ0v) is 12.2. The van der Waals surface area contributed by atoms with Crippen LogP contribution in [-0.2, 0) is 13.1 Å². The number of tetrazole rings is 1. The molecule has 0 bridgehead atoms. The average Bonchev–Trinajstić information content (AvgIpc) is 2.84. The Morgan fingerprint density at radius 3 is 3.11 bits per heavy atom. The Morgan fingerprint density at radius 1 is 1.42 bits per heavy atom. The van der Waals surface area contributed by atoms with Crippen LogP contribution in [0.4, 0.5) is 0 Å². The summed E-state index contributed by atoms with van der Waals surface area (Å²) in [6.07, 6.45) is 4.93. The summed E-state index contributed by atoms with van der Waals surface area (Å²) in [6.45, 7) is 7.44. The van der Waals surface area contributed by atoms with Gasteiger partial charge in [0.2, 0.25) is 0 Å². The molecule has 19 heavy (non-hydrogen) atoms. The predicted octanol–water partition coefficient (Wildman–Crippen LogP) is 0.905. The largest absolute Gasteiger partial charge is 0.319 e. The Morgan fingerprint density at radius 2 is 2.32 bits per heavy atom. The number of aromatic nitrogens is 4. The summed E-state index contributed by atoms with van der Waals surface area (Å²) in [5.74, 6) is 1.78. The molecule has 0 saturated carbocycles. The summed E-state index contributed by atoms with van der Waals surface area (Å²) in [5, 5.41) is 15.4. The smallest absolute Gasteiger partial charge is 0.165 e. The lowest BCUT2D eigenvalue weighted by Gasteiger charge is -2.32. The van der Waals surface area contributed by atoms with Gasteiger partial charge in [-0.25, -0.2) is 4.68 Å². The Bertz CT molecular complexity index is 362. The van der Waals surface area contributed by atoms with Crippen molar-refractivity contribution in [3.63, 3.8) is 0 Å². The second-order valence-corrected chi connectivity index (χ2v) is 5.47. The summed E-state index contributed by atoms with van der Waals surface area (Å²) in [6, 6.07) is 0. The number of aryl methyl sites for hydroxylation is 1. The van der Waals surface area contributed by atoms with E-state index in [0.29, 0.717) is 0 Å². The van der Waals surface area contributed by atoms with Crippen LogP contribution in [0.1, 0.15) is 38.4 Å². The van der Waals surface area contributed by atoms with E-state index in [-0.39, 0.29) is 0 Å². The van der Waals surface area contributed by atoms with Gasteiger partial charge in [0.15, 0.2) is 5.82 Å². The second-order valence-electron chi connectivity index (χ2n) is 5.47. The minimum absolute atomic E-state index is 0.763. The zero-order chi connectivity index (χ0) is 13.5. The molecule has 2 rings (SSSR count). The maximum Gasteiger partial charge on any atom is 0.165 e. The lowest BCUT2D eigenvalue weighted by molar-refractivity contribution is 0.161. The molecular weight excluding hydrogens is 240 g/mol. The molecule has 6 nitrogen and oxygen atoms in total. The fourth-order valence-electron chi connectivity index (χ4n) is 2.77. The predicted molar refractivity (Wildman–Crippen MR) is 74.7 cm³/mol. The van der Waals surface area contributed by atoms with Gasteiger partial charge in [0.25, 0.3) is 0 Å². The molecule has 1 aliphatic rings. The number of hydrogen-bond acceptors (Lipinski definition) is 5. The highest BCUT2D eigenvalue weighted by molar-refractivity contribution is 4.84. The van der Waals surface area contributed by atoms with Gasteiger partial charge >= 0.3 is 0 Å². The highest BCUT2D eigenvalue weighted by atomic mass is 15.5. The molecule has 108 valence electrons. The molecule has 1 aromatic heterocycles. The molecule has 6 heteroatoms. The summed E-state index contributed by atoms with van der Waals surface area (Å²) >= 11 is 0. The number of piperidine rings is 1. The van der Waals surface area contributed by atoms with Gasteiger partial charge in [0, 0.05) is 13.1 Å². The van der Waals surface area contributed by atoms with Gasteiger partial charge in [-0.1, -0.05) is 13.3 Å². The van der Waals surface area contributed by atoms with Crippen LogP contribution in [0.3, 0.4) is 0 Å². The van der Waals surface area contributed by atoms with E-state index < -0.39 is 0 Å². The van der Waals surface area contributed by atoms with Gasteiger partial charge in [0.05, 0.1) is 6.54 Å². The first-order valence-electron chi connectivity index (χ1n) is 7.45. The van der Waals surface area contributed by atoms with Gasteiger partial charge in [0.1, 0.15) is 0 Å². The Labute approximate surface area is 115 Å². The van der Waals surface area contributed by atoms with Crippen LogP contribution in [0, 0.1) is 5.92 Å². The lowest BCUT2D eigenvalue weighted by atomic mass is 9.98. The van der Waals surface area contributed by atoms with Crippen LogP contribution < -0.4 is 5.32 Å². The van der Waals surface area contributed by atoms with Crippen LogP contribution in [0.15, 0.2) is 0 Å². The molecule has 1 atom stereocenters. The summed E-state index contributed by atoms with van der Waals surface area (Å²) in [5.41, 5.74) is 0. The number of unbranched alkanes of at least 4 members (excludes halogenated alkanes) is 1. The standard InChI is InChI=1S/C13H26N6/c1-3-4-8-19-13(15-16-17-19)11-18-7-5-6-12(10-18)9-14-2/h12,14H,3-11H2,1-2H3. The monoisotopic (exact) mass is 266 g/mol. The van der Waals surface area contributed by atoms with Crippen molar-refractivity contribution < 1.29 is 0 Å². The molecule has 0 aromatic carbocycles. The minimum atomic E-state index is 0.763. The molecule has 1 aliphatic heterocycles. The van der Waals surface area contributed by atoms with E-state index in [9.17, 15) is 0 Å². The minimum Gasteiger partial charge on any atom is -0.319 e. The van der Waals surface area contributed by atoms with Crippen molar-refractivity contribution in [2.45, 2.75) is 45.7 Å². The molecule has 1 unspecified atom stereocenters. The third-order valence-corrected chi connectivity index (χ3v) is 3.79. The second kappa shape index (κ2) is 7.55. The molecule has 1 aromatic rings. The van der Waals surface area contributed by atoms with E-state index in [1.54, 1.807) is 0 Å². The normalized spacial score (nSPS) is 20.8. The van der Waals surface area contributed by atoms with Crippen LogP contribution in [0.25, 0.3) is 0 Å². The summed E-state index contributed by atoms with van der Waals surface area (Å²) < 4.78 is 1.96. The topological polar surface area (TPSA) is 58.9 Å². The first-order chi connectivity index (χ1) is 9.33. The molecule has 1 N–H and O–H groups in total. The van der Waals surface area contributed by atoms with E-state index in [1.165, 1.54) is 25.8 Å². The van der Waals surface area contributed by atoms with Crippen molar-refractivity contribution in [1.82, 2.24) is 30.4 Å². The first-order valence-corrected chi connectivity index (χ1v) is 7.45. The highest BCUT2D eigenvalue weighted by Crippen LogP contribution is 2.17. The van der Waals surface area contributed by atoms with Crippen molar-refractivity contribution in [2.75, 3.05) is 26.7 Å². The van der Waals surface area contributed by atoms with Crippen LogP contribution >= 0.6 is 0 Å². The SMILES string of the molecule is CCCCn1nnnc1CN1CCCC(CNC)C1. The Hall–Kier alpha value is -1.01. The van der Waals surface area contributed by atoms with Crippen LogP contribution in [-0.4, -0.2) is 51.8 Å². The van der Waals surface area contributed by atoms with Gasteiger partial charge in [-0.3, -0.25) is 4.90 Å². The van der Waals surface area contributed by atoms with Gasteiger partial charge in [-0.15, -0.1) is 5.10 Å². The lowest BCUT2D eigenvalue weighted by Crippen LogP contribution is -2.39. The third kappa shape index (κ3) is 4.24. The van der Waals surface area contributed by atoms with Gasteiger partial charge in [-0.05, 0) is 55.7 Å². The van der Waals surface area contributed by atoms with E-state index in [4.69, 9.17) is 0 Å². The molecule has 0 radical (unpaired) electrons. The van der Waals surface area contributed by atoms with Crippen molar-refractivity contribution in [3.8, 4) is 0 Å². The van der Waals surface area contributed by atoms with Crippen molar-refractivity contribution in [3.05, 3.63) is 5.82 Å². The van der Waals surface area contributed by atoms with E-state index in [2.05, 4.69) is 32.7 Å². The maximum absolute atomic E-state index is 4.18. The number of likely N-dealkylation sites (tertiary alicyclic amines) is 1. The zero-order valence-electron chi connectivity index (χ0n) is 12.2. The van der Waals surface area contributed by atoms with E-state index >= 15 is 0 Å². The number of nitrogens with one attached hydrogen (secondary N) is 1. The fourth-order valence-corrected chi connectivity index (χ4v) is 2.77. The van der Waals surface area contributed by atoms with Crippen LogP contribution in [0.5, 0.6) is 0 Å². The number of hydrogen-bond donors (Lipinski definition) is 1. The molecular formula is C13H26N6. The molecule has 0 spiro atoms. The summed E-state index contributed by atoms with van der Waals surface area (Å²) in [4.78, 5) is 2.49. The van der Waals surface area contributed by atoms with E-state index in [0.717, 1.165) is 44.3 Å². The Kier molecular flexibility index (Phi) is 5.72. The maximum atomic E-state index is 4.18. The van der Waals surface area contributed by atoms with Crippen molar-refractivity contribution in [1.29, 1.82) is 0 Å². The molecule has 2 heterocycles. The molecule has 1 saturated heterocycles. The number of nitrogens with zero attached hydrogens (tertiary/aromatic N) is 5. The third-order valence-electron chi connectivity index (χ3n) is 3.79. The van der Waals surface area contributed by atoms with Crippen molar-refractivity contribution in [2.24, 2.45) is 5.92 Å². The highest BCUT2D eigenvalue weighted by Gasteiger charge is 2.21. The van der Waals surface area contributed by atoms with Gasteiger partial charge in [-0.2, -0.15) is 0 Å². The van der Waals surface area contributed by atoms with Gasteiger partial charge < -0.3 is 5.32 Å². The Balaban J connectivity index is 1.87. The number of rotatable bonds is 7. The molecule has 0 aliphatic carbocycles. The molecule has 1 fully saturated rings. The average molecular weight is 266 g/mol. The first kappa shape index (κ1) is 14.4. The van der Waals surface area contributed by atoms with E-state index in [1.807, 2.05) is 11.7 Å².